The Bertz CT molecular complexity index is 869. The summed E-state index contributed by atoms with van der Waals surface area (Å²) < 4.78 is 10.4. The number of esters is 1. The second-order valence-corrected chi connectivity index (χ2v) is 9.05. The highest BCUT2D eigenvalue weighted by Crippen LogP contribution is 2.37. The summed E-state index contributed by atoms with van der Waals surface area (Å²) in [7, 11) is 1.40. The molecule has 0 atom stereocenters. The van der Waals surface area contributed by atoms with E-state index in [-0.39, 0.29) is 11.9 Å². The van der Waals surface area contributed by atoms with E-state index in [0.29, 0.717) is 17.1 Å². The molecule has 0 spiro atoms. The molecule has 0 bridgehead atoms. The molecule has 3 heterocycles. The van der Waals surface area contributed by atoms with Gasteiger partial charge in [-0.3, -0.25) is 14.6 Å². The number of furan rings is 1. The van der Waals surface area contributed by atoms with Crippen molar-refractivity contribution in [1.29, 1.82) is 0 Å². The number of thiophene rings is 1. The topological polar surface area (TPSA) is 75.0 Å². The van der Waals surface area contributed by atoms with Gasteiger partial charge in [-0.15, -0.1) is 11.3 Å². The Morgan fingerprint density at radius 2 is 1.90 bits per heavy atom. The van der Waals surface area contributed by atoms with Crippen LogP contribution in [0.2, 0.25) is 0 Å². The summed E-state index contributed by atoms with van der Waals surface area (Å²) in [6.45, 7) is 4.59. The molecule has 1 saturated heterocycles. The van der Waals surface area contributed by atoms with Gasteiger partial charge < -0.3 is 14.5 Å². The molecule has 0 aromatic carbocycles. The van der Waals surface area contributed by atoms with Gasteiger partial charge >= 0.3 is 5.97 Å². The van der Waals surface area contributed by atoms with E-state index in [1.807, 2.05) is 12.1 Å². The first kappa shape index (κ1) is 21.1. The lowest BCUT2D eigenvalue weighted by Crippen LogP contribution is -2.48. The van der Waals surface area contributed by atoms with Crippen LogP contribution in [-0.4, -0.2) is 61.5 Å². The van der Waals surface area contributed by atoms with Crippen LogP contribution in [0.15, 0.2) is 22.8 Å². The number of hydrogen-bond acceptors (Lipinski definition) is 7. The first-order valence-corrected chi connectivity index (χ1v) is 11.5. The molecule has 2 aliphatic rings. The lowest BCUT2D eigenvalue weighted by Gasteiger charge is -2.33. The normalized spacial score (nSPS) is 17.9. The Labute approximate surface area is 181 Å². The van der Waals surface area contributed by atoms with Gasteiger partial charge in [-0.25, -0.2) is 4.79 Å². The summed E-state index contributed by atoms with van der Waals surface area (Å²) in [4.78, 5) is 30.9. The number of aryl methyl sites for hydroxylation is 1. The van der Waals surface area contributed by atoms with Crippen molar-refractivity contribution in [1.82, 2.24) is 9.80 Å². The molecule has 1 aliphatic carbocycles. The van der Waals surface area contributed by atoms with E-state index in [4.69, 9.17) is 9.15 Å². The van der Waals surface area contributed by atoms with Crippen LogP contribution < -0.4 is 5.32 Å². The Morgan fingerprint density at radius 1 is 1.13 bits per heavy atom. The van der Waals surface area contributed by atoms with E-state index >= 15 is 0 Å². The molecular weight excluding hydrogens is 402 g/mol. The minimum Gasteiger partial charge on any atom is -0.468 e. The molecule has 4 rings (SSSR count). The molecule has 2 aromatic rings. The number of piperazine rings is 1. The zero-order valence-corrected chi connectivity index (χ0v) is 18.3. The molecule has 162 valence electrons. The van der Waals surface area contributed by atoms with Crippen molar-refractivity contribution < 1.29 is 18.7 Å². The maximum Gasteiger partial charge on any atom is 0.341 e. The monoisotopic (exact) mass is 431 g/mol. The van der Waals surface area contributed by atoms with Crippen LogP contribution in [0.4, 0.5) is 5.00 Å². The van der Waals surface area contributed by atoms with Gasteiger partial charge in [0.15, 0.2) is 0 Å². The van der Waals surface area contributed by atoms with Crippen molar-refractivity contribution >= 4 is 28.2 Å². The maximum atomic E-state index is 12.7. The van der Waals surface area contributed by atoms with E-state index in [1.54, 1.807) is 17.6 Å². The number of hydrogen-bond donors (Lipinski definition) is 1. The molecule has 30 heavy (non-hydrogen) atoms. The van der Waals surface area contributed by atoms with Crippen LogP contribution >= 0.6 is 11.3 Å². The number of rotatable bonds is 6. The largest absolute Gasteiger partial charge is 0.468 e. The fourth-order valence-corrected chi connectivity index (χ4v) is 5.54. The first-order chi connectivity index (χ1) is 14.6. The van der Waals surface area contributed by atoms with Gasteiger partial charge in [0.1, 0.15) is 10.8 Å². The first-order valence-electron chi connectivity index (χ1n) is 10.6. The average molecular weight is 432 g/mol. The zero-order chi connectivity index (χ0) is 20.9. The number of ether oxygens (including phenoxy) is 1. The number of carbonyl (C=O) groups excluding carboxylic acids is 2. The second-order valence-electron chi connectivity index (χ2n) is 7.94. The average Bonchev–Trinajstić information content (AvgIpc) is 3.30. The SMILES string of the molecule is COC(=O)c1c(NC(=O)CN2CCN(Cc3ccco3)CC2)sc2c1CCCCC2. The number of methoxy groups -OCH3 is 1. The van der Waals surface area contributed by atoms with Crippen LogP contribution in [0.3, 0.4) is 0 Å². The van der Waals surface area contributed by atoms with Gasteiger partial charge in [0.05, 0.1) is 32.0 Å². The molecule has 0 unspecified atom stereocenters. The van der Waals surface area contributed by atoms with Gasteiger partial charge in [0.2, 0.25) is 5.91 Å². The molecule has 0 radical (unpaired) electrons. The third-order valence-corrected chi connectivity index (χ3v) is 7.06. The summed E-state index contributed by atoms with van der Waals surface area (Å²) in [5.74, 6) is 0.543. The highest BCUT2D eigenvalue weighted by atomic mass is 32.1. The van der Waals surface area contributed by atoms with Crippen molar-refractivity contribution in [3.63, 3.8) is 0 Å². The van der Waals surface area contributed by atoms with E-state index in [9.17, 15) is 9.59 Å². The molecule has 1 aliphatic heterocycles. The minimum atomic E-state index is -0.351. The Hall–Kier alpha value is -2.16. The molecular formula is C22H29N3O4S. The lowest BCUT2D eigenvalue weighted by atomic mass is 10.1. The van der Waals surface area contributed by atoms with E-state index in [2.05, 4.69) is 15.1 Å². The van der Waals surface area contributed by atoms with Crippen LogP contribution in [0.5, 0.6) is 0 Å². The third-order valence-electron chi connectivity index (χ3n) is 5.86. The quantitative estimate of drug-likeness (QED) is 0.559. The molecule has 1 amide bonds. The van der Waals surface area contributed by atoms with E-state index in [0.717, 1.165) is 69.7 Å². The Kier molecular flexibility index (Phi) is 6.86. The molecule has 1 fully saturated rings. The number of fused-ring (bicyclic) bond motifs is 1. The number of anilines is 1. The predicted molar refractivity (Wildman–Crippen MR) is 116 cm³/mol. The lowest BCUT2D eigenvalue weighted by molar-refractivity contribution is -0.117. The highest BCUT2D eigenvalue weighted by Gasteiger charge is 2.27. The van der Waals surface area contributed by atoms with E-state index < -0.39 is 0 Å². The number of carbonyl (C=O) groups is 2. The van der Waals surface area contributed by atoms with E-state index in [1.165, 1.54) is 18.4 Å². The summed E-state index contributed by atoms with van der Waals surface area (Å²) >= 11 is 1.54. The third kappa shape index (κ3) is 4.94. The molecule has 0 saturated carbocycles. The van der Waals surface area contributed by atoms with Crippen molar-refractivity contribution in [2.45, 2.75) is 38.6 Å². The highest BCUT2D eigenvalue weighted by molar-refractivity contribution is 7.17. The van der Waals surface area contributed by atoms with Gasteiger partial charge in [0.25, 0.3) is 0 Å². The van der Waals surface area contributed by atoms with Crippen molar-refractivity contribution in [2.75, 3.05) is 45.2 Å². The van der Waals surface area contributed by atoms with Crippen LogP contribution in [0, 0.1) is 0 Å². The Morgan fingerprint density at radius 3 is 2.63 bits per heavy atom. The number of nitrogens with zero attached hydrogens (tertiary/aromatic N) is 2. The van der Waals surface area contributed by atoms with Crippen molar-refractivity contribution in [3.05, 3.63) is 40.2 Å². The fourth-order valence-electron chi connectivity index (χ4n) is 4.25. The number of nitrogens with one attached hydrogen (secondary N) is 1. The maximum absolute atomic E-state index is 12.7. The summed E-state index contributed by atoms with van der Waals surface area (Å²) in [5.41, 5.74) is 1.64. The predicted octanol–water partition coefficient (Wildman–Crippen LogP) is 3.15. The molecule has 7 nitrogen and oxygen atoms in total. The summed E-state index contributed by atoms with van der Waals surface area (Å²) in [6, 6.07) is 3.89. The smallest absolute Gasteiger partial charge is 0.341 e. The van der Waals surface area contributed by atoms with Gasteiger partial charge in [0, 0.05) is 31.1 Å². The Balaban J connectivity index is 1.35. The zero-order valence-electron chi connectivity index (χ0n) is 17.4. The molecule has 8 heteroatoms. The van der Waals surface area contributed by atoms with Crippen molar-refractivity contribution in [3.8, 4) is 0 Å². The van der Waals surface area contributed by atoms with Gasteiger partial charge in [-0.1, -0.05) is 6.42 Å². The van der Waals surface area contributed by atoms with Crippen LogP contribution in [0.25, 0.3) is 0 Å². The van der Waals surface area contributed by atoms with Gasteiger partial charge in [-0.05, 0) is 43.4 Å². The standard InChI is InChI=1S/C22H29N3O4S/c1-28-22(27)20-17-7-3-2-4-8-18(17)30-21(20)23-19(26)15-25-11-9-24(10-12-25)14-16-6-5-13-29-16/h5-6,13H,2-4,7-12,14-15H2,1H3,(H,23,26). The van der Waals surface area contributed by atoms with Gasteiger partial charge in [-0.2, -0.15) is 0 Å². The van der Waals surface area contributed by atoms with Crippen LogP contribution in [-0.2, 0) is 28.9 Å². The second kappa shape index (κ2) is 9.76. The van der Waals surface area contributed by atoms with Crippen molar-refractivity contribution in [2.24, 2.45) is 0 Å². The number of amides is 1. The summed E-state index contributed by atoms with van der Waals surface area (Å²) in [6.07, 6.45) is 6.92. The minimum absolute atomic E-state index is 0.0731. The fraction of sp³-hybridized carbons (Fsp3) is 0.545. The summed E-state index contributed by atoms with van der Waals surface area (Å²) in [5, 5.41) is 3.66. The van der Waals surface area contributed by atoms with Crippen LogP contribution in [0.1, 0.15) is 45.8 Å². The molecule has 2 aromatic heterocycles. The molecule has 1 N–H and O–H groups in total.